The van der Waals surface area contributed by atoms with Gasteiger partial charge in [0.15, 0.2) is 0 Å². The van der Waals surface area contributed by atoms with Crippen LogP contribution in [0.2, 0.25) is 0 Å². The molecule has 0 aliphatic heterocycles. The largest absolute Gasteiger partial charge is 0.393 e. The molecule has 0 radical (unpaired) electrons. The molecular formula is C18H28O2. The molecule has 2 heteroatoms. The van der Waals surface area contributed by atoms with E-state index in [1.165, 1.54) is 32.1 Å². The van der Waals surface area contributed by atoms with Crippen molar-refractivity contribution in [2.75, 3.05) is 0 Å². The van der Waals surface area contributed by atoms with Gasteiger partial charge in [-0.05, 0) is 80.5 Å². The van der Waals surface area contributed by atoms with Crippen LogP contribution in [0.1, 0.15) is 64.7 Å². The van der Waals surface area contributed by atoms with E-state index >= 15 is 0 Å². The number of Topliss-reactive ketones (excluding diaryl/α,β-unsaturated/α-hetero) is 1. The molecule has 0 saturated heterocycles. The highest BCUT2D eigenvalue weighted by molar-refractivity contribution is 5.83. The fraction of sp³-hybridized carbons (Fsp3) is 0.944. The van der Waals surface area contributed by atoms with E-state index in [4.69, 9.17) is 0 Å². The predicted molar refractivity (Wildman–Crippen MR) is 78.1 cm³/mol. The summed E-state index contributed by atoms with van der Waals surface area (Å²) in [5.41, 5.74) is 0.457. The normalized spacial score (nSPS) is 55.0. The molecular weight excluding hydrogens is 248 g/mol. The van der Waals surface area contributed by atoms with Crippen molar-refractivity contribution in [2.45, 2.75) is 70.8 Å². The van der Waals surface area contributed by atoms with Gasteiger partial charge >= 0.3 is 0 Å². The van der Waals surface area contributed by atoms with E-state index in [1.807, 2.05) is 0 Å². The van der Waals surface area contributed by atoms with E-state index in [9.17, 15) is 9.90 Å². The van der Waals surface area contributed by atoms with Gasteiger partial charge in [0.25, 0.3) is 0 Å². The Labute approximate surface area is 122 Å². The number of carbonyl (C=O) groups excluding carboxylic acids is 1. The van der Waals surface area contributed by atoms with Crippen molar-refractivity contribution in [3.05, 3.63) is 0 Å². The summed E-state index contributed by atoms with van der Waals surface area (Å²) in [6.07, 6.45) is 10.3. The number of hydrogen-bond acceptors (Lipinski definition) is 2. The molecule has 1 N–H and O–H groups in total. The predicted octanol–water partition coefficient (Wildman–Crippen LogP) is 3.57. The standard InChI is InChI=1S/C18H28O2/c1-18-9-8-12(19)10-11(18)2-3-14-13-5-7-17(20)15(13)4-6-16(14)18/h11-16,19H,2-10H2,1H3/t11?,12-,13?,14?,15?,16?,18-/m0/s1. The second kappa shape index (κ2) is 4.56. The average Bonchev–Trinajstić information content (AvgIpc) is 2.82. The molecule has 4 aliphatic carbocycles. The van der Waals surface area contributed by atoms with Crippen molar-refractivity contribution < 1.29 is 9.90 Å². The summed E-state index contributed by atoms with van der Waals surface area (Å²) < 4.78 is 0. The first kappa shape index (κ1) is 13.3. The summed E-state index contributed by atoms with van der Waals surface area (Å²) in [4.78, 5) is 12.1. The SMILES string of the molecule is C[C@]12CC[C@H](O)CC1CCC1C3CCC(=O)C3CCC12. The summed E-state index contributed by atoms with van der Waals surface area (Å²) in [5.74, 6) is 4.09. The van der Waals surface area contributed by atoms with Gasteiger partial charge in [0, 0.05) is 12.3 Å². The van der Waals surface area contributed by atoms with Gasteiger partial charge in [-0.1, -0.05) is 6.92 Å². The van der Waals surface area contributed by atoms with E-state index in [0.717, 1.165) is 43.4 Å². The molecule has 0 aromatic heterocycles. The second-order valence-corrected chi connectivity index (χ2v) is 8.33. The van der Waals surface area contributed by atoms with Gasteiger partial charge in [-0.3, -0.25) is 4.79 Å². The van der Waals surface area contributed by atoms with Gasteiger partial charge in [0.2, 0.25) is 0 Å². The maximum absolute atomic E-state index is 12.1. The van der Waals surface area contributed by atoms with Crippen LogP contribution in [-0.4, -0.2) is 17.0 Å². The minimum atomic E-state index is -0.0472. The Morgan fingerprint density at radius 2 is 1.90 bits per heavy atom. The lowest BCUT2D eigenvalue weighted by Gasteiger charge is -2.58. The Bertz CT molecular complexity index is 418. The van der Waals surface area contributed by atoms with Crippen molar-refractivity contribution in [1.82, 2.24) is 0 Å². The Hall–Kier alpha value is -0.370. The van der Waals surface area contributed by atoms with Crippen molar-refractivity contribution in [1.29, 1.82) is 0 Å². The number of carbonyl (C=O) groups is 1. The summed E-state index contributed by atoms with van der Waals surface area (Å²) in [6.45, 7) is 2.51. The van der Waals surface area contributed by atoms with Crippen molar-refractivity contribution >= 4 is 5.78 Å². The Morgan fingerprint density at radius 1 is 1.05 bits per heavy atom. The molecule has 0 spiro atoms. The van der Waals surface area contributed by atoms with Crippen molar-refractivity contribution in [3.8, 4) is 0 Å². The third-order valence-corrected chi connectivity index (χ3v) is 7.71. The Morgan fingerprint density at radius 3 is 2.75 bits per heavy atom. The molecule has 4 fully saturated rings. The van der Waals surface area contributed by atoms with Crippen LogP contribution >= 0.6 is 0 Å². The summed E-state index contributed by atoms with van der Waals surface area (Å²) in [5, 5.41) is 10.00. The number of ketones is 1. The molecule has 4 saturated carbocycles. The van der Waals surface area contributed by atoms with Crippen LogP contribution in [-0.2, 0) is 4.79 Å². The Kier molecular flexibility index (Phi) is 3.03. The van der Waals surface area contributed by atoms with Gasteiger partial charge in [-0.25, -0.2) is 0 Å². The van der Waals surface area contributed by atoms with Gasteiger partial charge in [-0.2, -0.15) is 0 Å². The van der Waals surface area contributed by atoms with Crippen LogP contribution in [0.5, 0.6) is 0 Å². The van der Waals surface area contributed by atoms with Crippen LogP contribution < -0.4 is 0 Å². The molecule has 7 atom stereocenters. The fourth-order valence-electron chi connectivity index (χ4n) is 6.65. The quantitative estimate of drug-likeness (QED) is 0.734. The maximum atomic E-state index is 12.1. The molecule has 4 rings (SSSR count). The number of fused-ring (bicyclic) bond motifs is 5. The molecule has 0 bridgehead atoms. The van der Waals surface area contributed by atoms with Crippen molar-refractivity contribution in [3.63, 3.8) is 0 Å². The zero-order chi connectivity index (χ0) is 13.9. The van der Waals surface area contributed by atoms with E-state index < -0.39 is 0 Å². The molecule has 0 aromatic carbocycles. The summed E-state index contributed by atoms with van der Waals surface area (Å²) >= 11 is 0. The first-order valence-corrected chi connectivity index (χ1v) is 8.80. The number of rotatable bonds is 0. The van der Waals surface area contributed by atoms with Crippen LogP contribution in [0.25, 0.3) is 0 Å². The van der Waals surface area contributed by atoms with E-state index in [0.29, 0.717) is 23.0 Å². The average molecular weight is 276 g/mol. The molecule has 2 nitrogen and oxygen atoms in total. The monoisotopic (exact) mass is 276 g/mol. The molecule has 4 aliphatic rings. The third kappa shape index (κ3) is 1.76. The first-order valence-electron chi connectivity index (χ1n) is 8.80. The van der Waals surface area contributed by atoms with E-state index in [2.05, 4.69) is 6.92 Å². The summed E-state index contributed by atoms with van der Waals surface area (Å²) in [6, 6.07) is 0. The smallest absolute Gasteiger partial charge is 0.136 e. The van der Waals surface area contributed by atoms with E-state index in [-0.39, 0.29) is 6.10 Å². The lowest BCUT2D eigenvalue weighted by atomic mass is 9.47. The Balaban J connectivity index is 1.61. The minimum Gasteiger partial charge on any atom is -0.393 e. The van der Waals surface area contributed by atoms with Crippen LogP contribution in [0.4, 0.5) is 0 Å². The van der Waals surface area contributed by atoms with Crippen LogP contribution in [0.3, 0.4) is 0 Å². The molecule has 0 aromatic rings. The van der Waals surface area contributed by atoms with Gasteiger partial charge in [0.1, 0.15) is 5.78 Å². The fourth-order valence-corrected chi connectivity index (χ4v) is 6.65. The third-order valence-electron chi connectivity index (χ3n) is 7.71. The lowest BCUT2D eigenvalue weighted by molar-refractivity contribution is -0.129. The molecule has 20 heavy (non-hydrogen) atoms. The highest BCUT2D eigenvalue weighted by Gasteiger charge is 2.56. The van der Waals surface area contributed by atoms with Crippen molar-refractivity contribution in [2.24, 2.45) is 35.0 Å². The number of hydrogen-bond donors (Lipinski definition) is 1. The number of aliphatic hydroxyl groups is 1. The highest BCUT2D eigenvalue weighted by Crippen LogP contribution is 2.62. The first-order chi connectivity index (χ1) is 9.59. The van der Waals surface area contributed by atoms with Gasteiger partial charge in [0.05, 0.1) is 6.10 Å². The zero-order valence-corrected chi connectivity index (χ0v) is 12.7. The second-order valence-electron chi connectivity index (χ2n) is 8.33. The number of aliphatic hydroxyl groups excluding tert-OH is 1. The zero-order valence-electron chi connectivity index (χ0n) is 12.7. The van der Waals surface area contributed by atoms with Crippen LogP contribution in [0.15, 0.2) is 0 Å². The topological polar surface area (TPSA) is 37.3 Å². The van der Waals surface area contributed by atoms with E-state index in [1.54, 1.807) is 0 Å². The molecule has 0 heterocycles. The van der Waals surface area contributed by atoms with Gasteiger partial charge < -0.3 is 5.11 Å². The maximum Gasteiger partial charge on any atom is 0.136 e. The van der Waals surface area contributed by atoms with Crippen LogP contribution in [0, 0.1) is 35.0 Å². The highest BCUT2D eigenvalue weighted by atomic mass is 16.3. The summed E-state index contributed by atoms with van der Waals surface area (Å²) in [7, 11) is 0. The lowest BCUT2D eigenvalue weighted by Crippen LogP contribution is -2.51. The molecule has 5 unspecified atom stereocenters. The van der Waals surface area contributed by atoms with Gasteiger partial charge in [-0.15, -0.1) is 0 Å². The minimum absolute atomic E-state index is 0.0472. The molecule has 112 valence electrons. The molecule has 0 amide bonds.